The van der Waals surface area contributed by atoms with Gasteiger partial charge in [0.1, 0.15) is 0 Å². The van der Waals surface area contributed by atoms with Gasteiger partial charge in [-0.2, -0.15) is 0 Å². The lowest BCUT2D eigenvalue weighted by Crippen LogP contribution is -2.25. The van der Waals surface area contributed by atoms with E-state index < -0.39 is 57.2 Å². The summed E-state index contributed by atoms with van der Waals surface area (Å²) in [4.78, 5) is 33.0. The van der Waals surface area contributed by atoms with Gasteiger partial charge in [-0.05, 0) is 0 Å². The smallest absolute Gasteiger partial charge is 0.312 e. The molecule has 0 aromatic heterocycles. The van der Waals surface area contributed by atoms with Crippen molar-refractivity contribution in [1.82, 2.24) is 0 Å². The zero-order chi connectivity index (χ0) is 14.0. The molecule has 0 amide bonds. The molecule has 0 aromatic rings. The van der Waals surface area contributed by atoms with E-state index in [1.54, 1.807) is 0 Å². The number of esters is 3. The number of hydrogen-bond donors (Lipinski definition) is 0. The van der Waals surface area contributed by atoms with Gasteiger partial charge in [0.05, 0.1) is 18.8 Å². The number of alkyl halides is 3. The number of hydrogen-bond acceptors (Lipinski definition) is 6. The minimum absolute atomic E-state index is 0.704. The number of carbonyl (C=O) groups is 3. The Kier molecular flexibility index (Phi) is 8.33. The van der Waals surface area contributed by atoms with Gasteiger partial charge in [-0.3, -0.25) is 14.4 Å². The van der Waals surface area contributed by atoms with E-state index in [1.165, 1.54) is 0 Å². The predicted octanol–water partition coefficient (Wildman–Crippen LogP) is 0.793. The molecule has 0 aliphatic rings. The topological polar surface area (TPSA) is 78.9 Å². The molecule has 0 fully saturated rings. The first-order valence-corrected chi connectivity index (χ1v) is 4.70. The average Bonchev–Trinajstić information content (AvgIpc) is 2.29. The summed E-state index contributed by atoms with van der Waals surface area (Å²) < 4.78 is 46.9. The number of rotatable bonds is 8. The number of carbonyl (C=O) groups excluding carboxylic acids is 3. The molecule has 0 aromatic carbocycles. The molecule has 0 aliphatic carbocycles. The van der Waals surface area contributed by atoms with Gasteiger partial charge < -0.3 is 14.2 Å². The van der Waals surface area contributed by atoms with Gasteiger partial charge in [-0.15, -0.1) is 0 Å². The summed E-state index contributed by atoms with van der Waals surface area (Å²) in [5.74, 6) is -4.86. The van der Waals surface area contributed by atoms with Crippen molar-refractivity contribution < 1.29 is 41.8 Å². The van der Waals surface area contributed by atoms with Crippen LogP contribution in [0.2, 0.25) is 0 Å². The van der Waals surface area contributed by atoms with Crippen LogP contribution in [0.25, 0.3) is 0 Å². The van der Waals surface area contributed by atoms with Crippen LogP contribution in [-0.4, -0.2) is 38.5 Å². The second-order valence-corrected chi connectivity index (χ2v) is 2.93. The third-order valence-electron chi connectivity index (χ3n) is 1.79. The van der Waals surface area contributed by atoms with Gasteiger partial charge >= 0.3 is 17.9 Å². The Morgan fingerprint density at radius 1 is 0.778 bits per heavy atom. The Bertz CT molecular complexity index is 276. The highest BCUT2D eigenvalue weighted by molar-refractivity contribution is 5.84. The van der Waals surface area contributed by atoms with Crippen LogP contribution in [-0.2, 0) is 28.6 Å². The molecule has 0 spiro atoms. The van der Waals surface area contributed by atoms with E-state index in [4.69, 9.17) is 0 Å². The van der Waals surface area contributed by atoms with Crippen molar-refractivity contribution in [2.24, 2.45) is 5.92 Å². The lowest BCUT2D eigenvalue weighted by atomic mass is 10.0. The molecule has 0 aliphatic heterocycles. The van der Waals surface area contributed by atoms with Crippen molar-refractivity contribution in [3.05, 3.63) is 0 Å². The first kappa shape index (κ1) is 16.2. The van der Waals surface area contributed by atoms with Crippen molar-refractivity contribution in [2.45, 2.75) is 12.8 Å². The molecule has 9 heteroatoms. The van der Waals surface area contributed by atoms with E-state index in [-0.39, 0.29) is 0 Å². The maximum Gasteiger partial charge on any atom is 0.312 e. The van der Waals surface area contributed by atoms with Gasteiger partial charge in [0.15, 0.2) is 0 Å². The molecule has 0 heterocycles. The molecule has 0 atom stereocenters. The predicted molar refractivity (Wildman–Crippen MR) is 48.9 cm³/mol. The minimum atomic E-state index is -1.45. The summed E-state index contributed by atoms with van der Waals surface area (Å²) in [6, 6.07) is 0. The van der Waals surface area contributed by atoms with Gasteiger partial charge in [0, 0.05) is 0 Å². The van der Waals surface area contributed by atoms with Crippen molar-refractivity contribution in [2.75, 3.05) is 20.6 Å². The van der Waals surface area contributed by atoms with Crippen LogP contribution >= 0.6 is 0 Å². The monoisotopic (exact) mass is 272 g/mol. The molecule has 0 N–H and O–H groups in total. The van der Waals surface area contributed by atoms with Gasteiger partial charge in [-0.1, -0.05) is 0 Å². The number of halogens is 3. The van der Waals surface area contributed by atoms with Crippen LogP contribution in [0.3, 0.4) is 0 Å². The van der Waals surface area contributed by atoms with E-state index in [9.17, 15) is 27.6 Å². The third kappa shape index (κ3) is 6.71. The number of ether oxygens (including phenoxy) is 3. The summed E-state index contributed by atoms with van der Waals surface area (Å²) in [6.07, 6.45) is -1.41. The van der Waals surface area contributed by atoms with E-state index in [1.807, 2.05) is 0 Å². The van der Waals surface area contributed by atoms with E-state index in [0.717, 1.165) is 0 Å². The normalized spacial score (nSPS) is 10.0. The SMILES string of the molecule is O=C(CC(CC(=O)OCF)C(=O)OCF)OCF. The summed E-state index contributed by atoms with van der Waals surface area (Å²) in [6.45, 7) is -4.26. The Balaban J connectivity index is 4.46. The summed E-state index contributed by atoms with van der Waals surface area (Å²) >= 11 is 0. The Hall–Kier alpha value is -1.80. The molecular weight excluding hydrogens is 261 g/mol. The Morgan fingerprint density at radius 2 is 1.17 bits per heavy atom. The second kappa shape index (κ2) is 9.25. The highest BCUT2D eigenvalue weighted by Crippen LogP contribution is 2.13. The summed E-state index contributed by atoms with van der Waals surface area (Å²) in [5, 5.41) is 0. The van der Waals surface area contributed by atoms with Crippen molar-refractivity contribution in [3.8, 4) is 0 Å². The molecule has 104 valence electrons. The largest absolute Gasteiger partial charge is 0.434 e. The van der Waals surface area contributed by atoms with Gasteiger partial charge in [0.25, 0.3) is 0 Å². The average molecular weight is 272 g/mol. The molecule has 0 saturated heterocycles. The first-order valence-electron chi connectivity index (χ1n) is 4.70. The second-order valence-electron chi connectivity index (χ2n) is 2.93. The van der Waals surface area contributed by atoms with Crippen LogP contribution < -0.4 is 0 Å². The maximum absolute atomic E-state index is 11.8. The quantitative estimate of drug-likeness (QED) is 0.480. The molecule has 0 radical (unpaired) electrons. The molecule has 0 unspecified atom stereocenters. The van der Waals surface area contributed by atoms with E-state index in [2.05, 4.69) is 14.2 Å². The fourth-order valence-corrected chi connectivity index (χ4v) is 1.05. The van der Waals surface area contributed by atoms with Crippen LogP contribution in [0.5, 0.6) is 0 Å². The van der Waals surface area contributed by atoms with E-state index >= 15 is 0 Å². The molecular formula is C9H11F3O6. The van der Waals surface area contributed by atoms with Crippen LogP contribution in [0, 0.1) is 5.92 Å². The van der Waals surface area contributed by atoms with Crippen LogP contribution in [0.4, 0.5) is 13.2 Å². The molecule has 18 heavy (non-hydrogen) atoms. The zero-order valence-electron chi connectivity index (χ0n) is 9.20. The summed E-state index contributed by atoms with van der Waals surface area (Å²) in [7, 11) is 0. The van der Waals surface area contributed by atoms with Crippen molar-refractivity contribution >= 4 is 17.9 Å². The van der Waals surface area contributed by atoms with Crippen molar-refractivity contribution in [1.29, 1.82) is 0 Å². The van der Waals surface area contributed by atoms with Gasteiger partial charge in [0.2, 0.25) is 20.6 Å². The van der Waals surface area contributed by atoms with E-state index in [0.29, 0.717) is 0 Å². The van der Waals surface area contributed by atoms with Gasteiger partial charge in [-0.25, -0.2) is 13.2 Å². The molecule has 0 bridgehead atoms. The standard InChI is InChI=1S/C9H11F3O6/c10-3-16-7(13)1-6(9(15)18-5-12)2-8(14)17-4-11/h6H,1-5H2. The lowest BCUT2D eigenvalue weighted by molar-refractivity contribution is -0.163. The highest BCUT2D eigenvalue weighted by Gasteiger charge is 2.27. The van der Waals surface area contributed by atoms with Crippen LogP contribution in [0.15, 0.2) is 0 Å². The third-order valence-corrected chi connectivity index (χ3v) is 1.79. The first-order chi connectivity index (χ1) is 8.54. The Morgan fingerprint density at radius 3 is 1.50 bits per heavy atom. The lowest BCUT2D eigenvalue weighted by Gasteiger charge is -2.12. The van der Waals surface area contributed by atoms with Crippen molar-refractivity contribution in [3.63, 3.8) is 0 Å². The Labute approximate surface area is 100.0 Å². The molecule has 6 nitrogen and oxygen atoms in total. The fraction of sp³-hybridized carbons (Fsp3) is 0.667. The minimum Gasteiger partial charge on any atom is -0.434 e. The highest BCUT2D eigenvalue weighted by atomic mass is 19.1. The maximum atomic E-state index is 11.8. The zero-order valence-corrected chi connectivity index (χ0v) is 9.20. The molecule has 0 rings (SSSR count). The van der Waals surface area contributed by atoms with Crippen LogP contribution in [0.1, 0.15) is 12.8 Å². The fourth-order valence-electron chi connectivity index (χ4n) is 1.05. The summed E-state index contributed by atoms with van der Waals surface area (Å²) in [5.41, 5.74) is 0. The molecule has 0 saturated carbocycles.